The van der Waals surface area contributed by atoms with Crippen LogP contribution >= 0.6 is 0 Å². The maximum Gasteiger partial charge on any atom is 0.337 e. The zero-order chi connectivity index (χ0) is 24.5. The summed E-state index contributed by atoms with van der Waals surface area (Å²) in [4.78, 5) is 27.1. The van der Waals surface area contributed by atoms with Gasteiger partial charge >= 0.3 is 5.97 Å². The fourth-order valence-electron chi connectivity index (χ4n) is 4.82. The Hall–Kier alpha value is -4.06. The molecule has 35 heavy (non-hydrogen) atoms. The molecule has 6 nitrogen and oxygen atoms in total. The number of para-hydroxylation sites is 1. The van der Waals surface area contributed by atoms with Gasteiger partial charge in [0.15, 0.2) is 5.43 Å². The van der Waals surface area contributed by atoms with Crippen molar-refractivity contribution >= 4 is 28.3 Å². The number of rotatable bonds is 6. The van der Waals surface area contributed by atoms with Crippen LogP contribution in [0.3, 0.4) is 0 Å². The van der Waals surface area contributed by atoms with Crippen LogP contribution in [0, 0.1) is 6.92 Å². The van der Waals surface area contributed by atoms with Crippen LogP contribution in [-0.4, -0.2) is 24.2 Å². The van der Waals surface area contributed by atoms with Gasteiger partial charge in [-0.3, -0.25) is 4.79 Å². The summed E-state index contributed by atoms with van der Waals surface area (Å²) in [6.07, 6.45) is 2.43. The largest absolute Gasteiger partial charge is 0.478 e. The highest BCUT2D eigenvalue weighted by atomic mass is 16.4. The van der Waals surface area contributed by atoms with E-state index in [0.717, 1.165) is 29.8 Å². The summed E-state index contributed by atoms with van der Waals surface area (Å²) in [6, 6.07) is 20.0. The molecule has 2 heterocycles. The zero-order valence-electron chi connectivity index (χ0n) is 19.9. The lowest BCUT2D eigenvalue weighted by molar-refractivity contribution is 0.0698. The van der Waals surface area contributed by atoms with E-state index in [0.29, 0.717) is 22.4 Å². The van der Waals surface area contributed by atoms with Crippen LogP contribution in [0.2, 0.25) is 0 Å². The Morgan fingerprint density at radius 2 is 1.74 bits per heavy atom. The number of hydrogen-bond donors (Lipinski definition) is 2. The maximum atomic E-state index is 13.1. The van der Waals surface area contributed by atoms with Crippen LogP contribution in [0.25, 0.3) is 22.3 Å². The first-order valence-corrected chi connectivity index (χ1v) is 11.9. The number of hydrogen-bond acceptors (Lipinski definition) is 5. The second-order valence-electron chi connectivity index (χ2n) is 9.16. The van der Waals surface area contributed by atoms with E-state index in [1.807, 2.05) is 38.1 Å². The molecule has 1 aromatic heterocycles. The molecule has 0 bridgehead atoms. The third-order valence-electron chi connectivity index (χ3n) is 6.62. The van der Waals surface area contributed by atoms with E-state index in [1.54, 1.807) is 30.3 Å². The normalized spacial score (nSPS) is 14.3. The van der Waals surface area contributed by atoms with E-state index in [2.05, 4.69) is 22.3 Å². The molecule has 1 aliphatic heterocycles. The van der Waals surface area contributed by atoms with Crippen molar-refractivity contribution in [1.29, 1.82) is 0 Å². The van der Waals surface area contributed by atoms with Crippen molar-refractivity contribution in [2.75, 3.05) is 23.3 Å². The number of aromatic carboxylic acids is 1. The number of carboxylic acids is 1. The lowest BCUT2D eigenvalue weighted by atomic mass is 10.00. The van der Waals surface area contributed by atoms with Crippen LogP contribution in [0.5, 0.6) is 0 Å². The highest BCUT2D eigenvalue weighted by molar-refractivity contribution is 5.94. The second-order valence-corrected chi connectivity index (χ2v) is 9.16. The molecule has 1 atom stereocenters. The molecule has 3 aromatic carbocycles. The Bertz CT molecular complexity index is 1450. The summed E-state index contributed by atoms with van der Waals surface area (Å²) < 4.78 is 6.35. The van der Waals surface area contributed by atoms with Crippen LogP contribution in [-0.2, 0) is 0 Å². The standard InChI is InChI=1S/C29H28N2O4/c1-18-15-23(19(2)30-25-8-4-3-7-22(25)29(33)34)28-24(16-18)26(32)17-27(35-28)20-9-11-21(12-10-20)31-13-5-6-14-31/h3-4,7-12,15-17,19,30H,5-6,13-14H2,1-2H3,(H,33,34)/t19-/m1/s1. The first kappa shape index (κ1) is 22.7. The van der Waals surface area contributed by atoms with Crippen molar-refractivity contribution < 1.29 is 14.3 Å². The van der Waals surface area contributed by atoms with E-state index in [4.69, 9.17) is 4.42 Å². The summed E-state index contributed by atoms with van der Waals surface area (Å²) >= 11 is 0. The van der Waals surface area contributed by atoms with Gasteiger partial charge in [-0.1, -0.05) is 18.2 Å². The summed E-state index contributed by atoms with van der Waals surface area (Å²) in [6.45, 7) is 6.02. The van der Waals surface area contributed by atoms with Gasteiger partial charge in [0.2, 0.25) is 0 Å². The third kappa shape index (κ3) is 4.52. The quantitative estimate of drug-likeness (QED) is 0.349. The van der Waals surface area contributed by atoms with Crippen LogP contribution in [0.1, 0.15) is 47.3 Å². The van der Waals surface area contributed by atoms with Crippen LogP contribution < -0.4 is 15.6 Å². The number of fused-ring (bicyclic) bond motifs is 1. The summed E-state index contributed by atoms with van der Waals surface area (Å²) in [5, 5.41) is 13.4. The topological polar surface area (TPSA) is 82.8 Å². The Kier molecular flexibility index (Phi) is 6.03. The summed E-state index contributed by atoms with van der Waals surface area (Å²) in [5.41, 5.74) is 4.86. The minimum absolute atomic E-state index is 0.104. The lowest BCUT2D eigenvalue weighted by Crippen LogP contribution is -2.17. The molecule has 0 radical (unpaired) electrons. The maximum absolute atomic E-state index is 13.1. The predicted molar refractivity (Wildman–Crippen MR) is 140 cm³/mol. The van der Waals surface area contributed by atoms with E-state index in [-0.39, 0.29) is 17.0 Å². The van der Waals surface area contributed by atoms with E-state index < -0.39 is 5.97 Å². The fraction of sp³-hybridized carbons (Fsp3) is 0.241. The summed E-state index contributed by atoms with van der Waals surface area (Å²) in [7, 11) is 0. The number of nitrogens with one attached hydrogen (secondary N) is 1. The molecule has 2 N–H and O–H groups in total. The zero-order valence-corrected chi connectivity index (χ0v) is 19.9. The SMILES string of the molecule is Cc1cc([C@@H](C)Nc2ccccc2C(=O)O)c2oc(-c3ccc(N4CCCC4)cc3)cc(=O)c2c1. The Morgan fingerprint density at radius 1 is 1.03 bits per heavy atom. The van der Waals surface area contributed by atoms with Crippen molar-refractivity contribution in [1.82, 2.24) is 0 Å². The molecule has 0 aliphatic carbocycles. The number of benzene rings is 3. The van der Waals surface area contributed by atoms with Crippen molar-refractivity contribution in [3.63, 3.8) is 0 Å². The molecule has 6 heteroatoms. The molecule has 0 saturated carbocycles. The van der Waals surface area contributed by atoms with Crippen molar-refractivity contribution in [3.8, 4) is 11.3 Å². The lowest BCUT2D eigenvalue weighted by Gasteiger charge is -2.19. The molecular formula is C29H28N2O4. The molecule has 5 rings (SSSR count). The van der Waals surface area contributed by atoms with E-state index in [1.165, 1.54) is 18.5 Å². The van der Waals surface area contributed by atoms with Crippen molar-refractivity contribution in [2.24, 2.45) is 0 Å². The average molecular weight is 469 g/mol. The van der Waals surface area contributed by atoms with Gasteiger partial charge in [0.05, 0.1) is 17.0 Å². The Morgan fingerprint density at radius 3 is 2.46 bits per heavy atom. The number of carboxylic acid groups (broad SMARTS) is 1. The first-order valence-electron chi connectivity index (χ1n) is 11.9. The van der Waals surface area contributed by atoms with Gasteiger partial charge < -0.3 is 19.7 Å². The molecule has 4 aromatic rings. The molecular weight excluding hydrogens is 440 g/mol. The fourth-order valence-corrected chi connectivity index (χ4v) is 4.82. The highest BCUT2D eigenvalue weighted by Crippen LogP contribution is 2.32. The average Bonchev–Trinajstić information content (AvgIpc) is 3.39. The van der Waals surface area contributed by atoms with Gasteiger partial charge in [-0.25, -0.2) is 4.79 Å². The first-order chi connectivity index (χ1) is 16.9. The number of carbonyl (C=O) groups is 1. The van der Waals surface area contributed by atoms with Crippen LogP contribution in [0.4, 0.5) is 11.4 Å². The second kappa shape index (κ2) is 9.29. The van der Waals surface area contributed by atoms with Gasteiger partial charge in [-0.05, 0) is 74.7 Å². The minimum Gasteiger partial charge on any atom is -0.478 e. The third-order valence-corrected chi connectivity index (χ3v) is 6.62. The monoisotopic (exact) mass is 468 g/mol. The van der Waals surface area contributed by atoms with Gasteiger partial charge in [0, 0.05) is 41.7 Å². The number of anilines is 2. The van der Waals surface area contributed by atoms with Crippen molar-refractivity contribution in [3.05, 3.63) is 93.6 Å². The van der Waals surface area contributed by atoms with Crippen LogP contribution in [0.15, 0.2) is 75.9 Å². The minimum atomic E-state index is -0.999. The van der Waals surface area contributed by atoms with Gasteiger partial charge in [0.25, 0.3) is 0 Å². The smallest absolute Gasteiger partial charge is 0.337 e. The molecule has 1 fully saturated rings. The highest BCUT2D eigenvalue weighted by Gasteiger charge is 2.19. The number of aryl methyl sites for hydroxylation is 1. The van der Waals surface area contributed by atoms with E-state index >= 15 is 0 Å². The molecule has 0 amide bonds. The molecule has 1 saturated heterocycles. The van der Waals surface area contributed by atoms with E-state index in [9.17, 15) is 14.7 Å². The summed E-state index contributed by atoms with van der Waals surface area (Å²) in [5.74, 6) is -0.487. The molecule has 178 valence electrons. The van der Waals surface area contributed by atoms with Gasteiger partial charge in [-0.2, -0.15) is 0 Å². The molecule has 0 unspecified atom stereocenters. The van der Waals surface area contributed by atoms with Crippen molar-refractivity contribution in [2.45, 2.75) is 32.7 Å². The number of nitrogens with zero attached hydrogens (tertiary/aromatic N) is 1. The molecule has 1 aliphatic rings. The Balaban J connectivity index is 1.55. The predicted octanol–water partition coefficient (Wildman–Crippen LogP) is 6.24. The van der Waals surface area contributed by atoms with Gasteiger partial charge in [0.1, 0.15) is 11.3 Å². The van der Waals surface area contributed by atoms with Gasteiger partial charge in [-0.15, -0.1) is 0 Å². The Labute approximate surface area is 203 Å². The molecule has 0 spiro atoms.